The van der Waals surface area contributed by atoms with Gasteiger partial charge >= 0.3 is 0 Å². The van der Waals surface area contributed by atoms with Crippen LogP contribution >= 0.6 is 0 Å². The summed E-state index contributed by atoms with van der Waals surface area (Å²) in [6.45, 7) is 6.46. The molecule has 13 heavy (non-hydrogen) atoms. The Bertz CT molecular complexity index is 233. The van der Waals surface area contributed by atoms with Crippen molar-refractivity contribution in [3.63, 3.8) is 0 Å². The van der Waals surface area contributed by atoms with E-state index in [1.54, 1.807) is 0 Å². The number of hydrogen-bond acceptors (Lipinski definition) is 2. The van der Waals surface area contributed by atoms with E-state index in [0.717, 1.165) is 19.5 Å². The van der Waals surface area contributed by atoms with Gasteiger partial charge in [0.25, 0.3) is 0 Å². The van der Waals surface area contributed by atoms with E-state index in [9.17, 15) is 4.79 Å². The maximum Gasteiger partial charge on any atom is 0.223 e. The van der Waals surface area contributed by atoms with Crippen molar-refractivity contribution in [3.8, 4) is 0 Å². The molecule has 0 aromatic carbocycles. The Balaban J connectivity index is 2.24. The van der Waals surface area contributed by atoms with Crippen molar-refractivity contribution >= 4 is 5.91 Å². The van der Waals surface area contributed by atoms with Gasteiger partial charge in [-0.2, -0.15) is 0 Å². The molecule has 74 valence electrons. The summed E-state index contributed by atoms with van der Waals surface area (Å²) in [7, 11) is 1.94. The molecule has 1 spiro atoms. The lowest BCUT2D eigenvalue weighted by molar-refractivity contribution is -0.128. The van der Waals surface area contributed by atoms with Gasteiger partial charge < -0.3 is 10.2 Å². The number of carbonyl (C=O) groups excluding carboxylic acids is 1. The Labute approximate surface area is 79.5 Å². The Hall–Kier alpha value is -0.570. The molecule has 3 nitrogen and oxygen atoms in total. The summed E-state index contributed by atoms with van der Waals surface area (Å²) in [4.78, 5) is 13.5. The van der Waals surface area contributed by atoms with E-state index in [2.05, 4.69) is 19.2 Å². The fourth-order valence-electron chi connectivity index (χ4n) is 3.03. The second kappa shape index (κ2) is 2.71. The summed E-state index contributed by atoms with van der Waals surface area (Å²) in [5.74, 6) is 0.888. The zero-order chi connectivity index (χ0) is 9.64. The first kappa shape index (κ1) is 9.00. The topological polar surface area (TPSA) is 32.3 Å². The smallest absolute Gasteiger partial charge is 0.223 e. The van der Waals surface area contributed by atoms with Crippen LogP contribution in [0.2, 0.25) is 0 Å². The Morgan fingerprint density at radius 1 is 1.54 bits per heavy atom. The van der Waals surface area contributed by atoms with E-state index in [4.69, 9.17) is 0 Å². The maximum atomic E-state index is 11.6. The molecule has 0 aromatic rings. The van der Waals surface area contributed by atoms with Gasteiger partial charge in [0.05, 0.1) is 0 Å². The SMILES string of the molecule is CC(C)C1N(C)C(=O)CC12CNC2. The molecule has 3 heteroatoms. The predicted molar refractivity (Wildman–Crippen MR) is 51.3 cm³/mol. The van der Waals surface area contributed by atoms with Crippen LogP contribution in [-0.2, 0) is 4.79 Å². The fourth-order valence-corrected chi connectivity index (χ4v) is 3.03. The molecule has 2 aliphatic rings. The second-order valence-electron chi connectivity index (χ2n) is 4.84. The van der Waals surface area contributed by atoms with Crippen LogP contribution in [0.5, 0.6) is 0 Å². The molecular formula is C10H18N2O. The standard InChI is InChI=1S/C10H18N2O/c1-7(2)9-10(5-11-6-10)4-8(13)12(9)3/h7,9,11H,4-6H2,1-3H3. The molecular weight excluding hydrogens is 164 g/mol. The quantitative estimate of drug-likeness (QED) is 0.639. The summed E-state index contributed by atoms with van der Waals surface area (Å²) in [5, 5.41) is 3.29. The van der Waals surface area contributed by atoms with Crippen molar-refractivity contribution in [1.82, 2.24) is 10.2 Å². The molecule has 0 bridgehead atoms. The second-order valence-corrected chi connectivity index (χ2v) is 4.84. The third-order valence-electron chi connectivity index (χ3n) is 3.53. The van der Waals surface area contributed by atoms with Crippen LogP contribution < -0.4 is 5.32 Å². The predicted octanol–water partition coefficient (Wildman–Crippen LogP) is 0.463. The third-order valence-corrected chi connectivity index (χ3v) is 3.53. The van der Waals surface area contributed by atoms with Crippen molar-refractivity contribution in [2.24, 2.45) is 11.3 Å². The molecule has 2 saturated heterocycles. The molecule has 0 aromatic heterocycles. The lowest BCUT2D eigenvalue weighted by atomic mass is 9.71. The van der Waals surface area contributed by atoms with Gasteiger partial charge in [-0.1, -0.05) is 13.8 Å². The molecule has 0 saturated carbocycles. The number of nitrogens with zero attached hydrogens (tertiary/aromatic N) is 1. The summed E-state index contributed by atoms with van der Waals surface area (Å²) in [6, 6.07) is 0.446. The Kier molecular flexibility index (Phi) is 1.88. The van der Waals surface area contributed by atoms with Gasteiger partial charge in [-0.3, -0.25) is 4.79 Å². The van der Waals surface area contributed by atoms with Crippen molar-refractivity contribution in [3.05, 3.63) is 0 Å². The van der Waals surface area contributed by atoms with Gasteiger partial charge in [0.2, 0.25) is 5.91 Å². The zero-order valence-electron chi connectivity index (χ0n) is 8.63. The lowest BCUT2D eigenvalue weighted by Gasteiger charge is -2.46. The van der Waals surface area contributed by atoms with Gasteiger partial charge in [0.1, 0.15) is 0 Å². The highest BCUT2D eigenvalue weighted by atomic mass is 16.2. The van der Waals surface area contributed by atoms with E-state index in [-0.39, 0.29) is 5.41 Å². The van der Waals surface area contributed by atoms with Crippen LogP contribution in [-0.4, -0.2) is 37.0 Å². The fraction of sp³-hybridized carbons (Fsp3) is 0.900. The summed E-state index contributed by atoms with van der Waals surface area (Å²) in [6.07, 6.45) is 0.749. The minimum Gasteiger partial charge on any atom is -0.342 e. The number of amides is 1. The minimum atomic E-state index is 0.264. The van der Waals surface area contributed by atoms with Crippen molar-refractivity contribution < 1.29 is 4.79 Å². The van der Waals surface area contributed by atoms with E-state index < -0.39 is 0 Å². The molecule has 1 N–H and O–H groups in total. The highest BCUT2D eigenvalue weighted by molar-refractivity contribution is 5.80. The largest absolute Gasteiger partial charge is 0.342 e. The van der Waals surface area contributed by atoms with E-state index in [0.29, 0.717) is 17.9 Å². The van der Waals surface area contributed by atoms with Crippen molar-refractivity contribution in [1.29, 1.82) is 0 Å². The summed E-state index contributed by atoms with van der Waals surface area (Å²) < 4.78 is 0. The van der Waals surface area contributed by atoms with Crippen LogP contribution in [0.4, 0.5) is 0 Å². The van der Waals surface area contributed by atoms with Gasteiger partial charge in [0, 0.05) is 38.0 Å². The number of carbonyl (C=O) groups is 1. The van der Waals surface area contributed by atoms with Gasteiger partial charge in [-0.05, 0) is 5.92 Å². The highest BCUT2D eigenvalue weighted by Gasteiger charge is 2.54. The molecule has 1 unspecified atom stereocenters. The van der Waals surface area contributed by atoms with E-state index >= 15 is 0 Å². The molecule has 2 heterocycles. The molecule has 2 aliphatic heterocycles. The summed E-state index contributed by atoms with van der Waals surface area (Å²) >= 11 is 0. The number of rotatable bonds is 1. The van der Waals surface area contributed by atoms with Gasteiger partial charge in [0.15, 0.2) is 0 Å². The van der Waals surface area contributed by atoms with Crippen LogP contribution in [0, 0.1) is 11.3 Å². The number of hydrogen-bond donors (Lipinski definition) is 1. The monoisotopic (exact) mass is 182 g/mol. The average molecular weight is 182 g/mol. The van der Waals surface area contributed by atoms with E-state index in [1.165, 1.54) is 0 Å². The lowest BCUT2D eigenvalue weighted by Crippen LogP contribution is -2.60. The summed E-state index contributed by atoms with van der Waals surface area (Å²) in [5.41, 5.74) is 0.264. The average Bonchev–Trinajstić information content (AvgIpc) is 2.23. The van der Waals surface area contributed by atoms with Crippen molar-refractivity contribution in [2.45, 2.75) is 26.3 Å². The van der Waals surface area contributed by atoms with Crippen LogP contribution in [0.3, 0.4) is 0 Å². The first-order chi connectivity index (χ1) is 6.07. The minimum absolute atomic E-state index is 0.264. The zero-order valence-corrected chi connectivity index (χ0v) is 8.63. The first-order valence-corrected chi connectivity index (χ1v) is 5.03. The van der Waals surface area contributed by atoms with Crippen LogP contribution in [0.1, 0.15) is 20.3 Å². The Morgan fingerprint density at radius 2 is 2.15 bits per heavy atom. The normalized spacial score (nSPS) is 31.5. The molecule has 0 radical (unpaired) electrons. The molecule has 2 rings (SSSR count). The molecule has 1 atom stereocenters. The van der Waals surface area contributed by atoms with Crippen LogP contribution in [0.25, 0.3) is 0 Å². The first-order valence-electron chi connectivity index (χ1n) is 5.03. The third kappa shape index (κ3) is 1.10. The number of nitrogens with one attached hydrogen (secondary N) is 1. The highest BCUT2D eigenvalue weighted by Crippen LogP contribution is 2.43. The van der Waals surface area contributed by atoms with Crippen LogP contribution in [0.15, 0.2) is 0 Å². The van der Waals surface area contributed by atoms with Gasteiger partial charge in [-0.25, -0.2) is 0 Å². The van der Waals surface area contributed by atoms with Crippen molar-refractivity contribution in [2.75, 3.05) is 20.1 Å². The maximum absolute atomic E-state index is 11.6. The Morgan fingerprint density at radius 3 is 2.46 bits per heavy atom. The van der Waals surface area contributed by atoms with E-state index in [1.807, 2.05) is 11.9 Å². The molecule has 2 fully saturated rings. The molecule has 1 amide bonds. The van der Waals surface area contributed by atoms with Gasteiger partial charge in [-0.15, -0.1) is 0 Å². The number of likely N-dealkylation sites (tertiary alicyclic amines) is 1. The molecule has 0 aliphatic carbocycles.